The van der Waals surface area contributed by atoms with Gasteiger partial charge in [0, 0.05) is 40.3 Å². The fraction of sp³-hybridized carbons (Fsp3) is 0.500. The number of aromatic nitrogens is 1. The molecule has 3 rings (SSSR count). The second kappa shape index (κ2) is 5.87. The normalized spacial score (nSPS) is 16.0. The van der Waals surface area contributed by atoms with Crippen LogP contribution in [-0.2, 0) is 0 Å². The van der Waals surface area contributed by atoms with E-state index < -0.39 is 0 Å². The van der Waals surface area contributed by atoms with Crippen LogP contribution in [0, 0.1) is 0 Å². The molecule has 6 nitrogen and oxygen atoms in total. The molecule has 118 valence electrons. The minimum absolute atomic E-state index is 0.0558. The summed E-state index contributed by atoms with van der Waals surface area (Å²) in [5.74, 6) is 0. The summed E-state index contributed by atoms with van der Waals surface area (Å²) in [6.45, 7) is 1.70. The number of piperidine rings is 1. The van der Waals surface area contributed by atoms with Crippen molar-refractivity contribution in [1.29, 1.82) is 0 Å². The van der Waals surface area contributed by atoms with Crippen molar-refractivity contribution in [2.24, 2.45) is 0 Å². The minimum Gasteiger partial charge on any atom is -0.423 e. The molecule has 1 aliphatic heterocycles. The van der Waals surface area contributed by atoms with Crippen molar-refractivity contribution in [2.45, 2.75) is 18.9 Å². The summed E-state index contributed by atoms with van der Waals surface area (Å²) >= 11 is 0. The maximum atomic E-state index is 12.0. The van der Waals surface area contributed by atoms with Gasteiger partial charge in [-0.15, -0.1) is 0 Å². The third-order valence-corrected chi connectivity index (χ3v) is 4.25. The SMILES string of the molecule is CN(C)C(=O)N(C)C1CCN(c2nc3ccccc3o2)CC1. The molecule has 2 aromatic rings. The average Bonchev–Trinajstić information content (AvgIpc) is 2.97. The molecule has 1 aromatic carbocycles. The number of hydrogen-bond donors (Lipinski definition) is 0. The molecule has 1 saturated heterocycles. The van der Waals surface area contributed by atoms with Crippen LogP contribution >= 0.6 is 0 Å². The highest BCUT2D eigenvalue weighted by Gasteiger charge is 2.27. The molecular weight excluding hydrogens is 280 g/mol. The molecule has 0 unspecified atom stereocenters. The van der Waals surface area contributed by atoms with Gasteiger partial charge in [0.05, 0.1) is 0 Å². The number of anilines is 1. The quantitative estimate of drug-likeness (QED) is 0.855. The maximum Gasteiger partial charge on any atom is 0.319 e. The Morgan fingerprint density at radius 3 is 2.55 bits per heavy atom. The first-order chi connectivity index (χ1) is 10.6. The van der Waals surface area contributed by atoms with Gasteiger partial charge in [-0.25, -0.2) is 4.79 Å². The standard InChI is InChI=1S/C16H22N4O2/c1-18(2)16(21)19(3)12-8-10-20(11-9-12)15-17-13-6-4-5-7-14(13)22-15/h4-7,12H,8-11H2,1-3H3. The molecule has 1 aliphatic rings. The summed E-state index contributed by atoms with van der Waals surface area (Å²) in [5, 5.41) is 0. The zero-order valence-electron chi connectivity index (χ0n) is 13.3. The molecule has 1 fully saturated rings. The minimum atomic E-state index is 0.0558. The van der Waals surface area contributed by atoms with Gasteiger partial charge in [-0.3, -0.25) is 0 Å². The Kier molecular flexibility index (Phi) is 3.92. The van der Waals surface area contributed by atoms with Crippen molar-refractivity contribution in [3.63, 3.8) is 0 Å². The topological polar surface area (TPSA) is 52.8 Å². The maximum absolute atomic E-state index is 12.0. The van der Waals surface area contributed by atoms with Crippen LogP contribution in [0.5, 0.6) is 0 Å². The number of para-hydroxylation sites is 2. The number of fused-ring (bicyclic) bond motifs is 1. The lowest BCUT2D eigenvalue weighted by Crippen LogP contribution is -2.48. The van der Waals surface area contributed by atoms with Gasteiger partial charge in [-0.05, 0) is 25.0 Å². The van der Waals surface area contributed by atoms with Crippen molar-refractivity contribution >= 4 is 23.1 Å². The highest BCUT2D eigenvalue weighted by atomic mass is 16.4. The Morgan fingerprint density at radius 1 is 1.23 bits per heavy atom. The second-order valence-electron chi connectivity index (χ2n) is 5.97. The van der Waals surface area contributed by atoms with Crippen LogP contribution in [0.2, 0.25) is 0 Å². The highest BCUT2D eigenvalue weighted by Crippen LogP contribution is 2.25. The Balaban J connectivity index is 1.65. The van der Waals surface area contributed by atoms with Crippen LogP contribution in [0.1, 0.15) is 12.8 Å². The Morgan fingerprint density at radius 2 is 1.91 bits per heavy atom. The smallest absolute Gasteiger partial charge is 0.319 e. The number of urea groups is 1. The number of carbonyl (C=O) groups excluding carboxylic acids is 1. The molecule has 2 amide bonds. The number of rotatable bonds is 2. The molecule has 0 bridgehead atoms. The summed E-state index contributed by atoms with van der Waals surface area (Å²) in [6.07, 6.45) is 1.85. The molecule has 22 heavy (non-hydrogen) atoms. The van der Waals surface area contributed by atoms with Crippen molar-refractivity contribution in [3.05, 3.63) is 24.3 Å². The summed E-state index contributed by atoms with van der Waals surface area (Å²) in [7, 11) is 5.45. The van der Waals surface area contributed by atoms with E-state index >= 15 is 0 Å². The van der Waals surface area contributed by atoms with E-state index in [0.717, 1.165) is 37.0 Å². The number of nitrogens with zero attached hydrogens (tertiary/aromatic N) is 4. The molecule has 0 radical (unpaired) electrons. The molecule has 0 aliphatic carbocycles. The molecule has 1 aromatic heterocycles. The van der Waals surface area contributed by atoms with E-state index in [9.17, 15) is 4.79 Å². The summed E-state index contributed by atoms with van der Waals surface area (Å²) < 4.78 is 5.81. The Hall–Kier alpha value is -2.24. The first-order valence-electron chi connectivity index (χ1n) is 7.61. The zero-order valence-corrected chi connectivity index (χ0v) is 13.3. The van der Waals surface area contributed by atoms with E-state index in [-0.39, 0.29) is 12.1 Å². The largest absolute Gasteiger partial charge is 0.423 e. The highest BCUT2D eigenvalue weighted by molar-refractivity contribution is 5.74. The number of benzene rings is 1. The molecule has 0 N–H and O–H groups in total. The lowest BCUT2D eigenvalue weighted by atomic mass is 10.0. The van der Waals surface area contributed by atoms with E-state index in [1.807, 2.05) is 36.2 Å². The summed E-state index contributed by atoms with van der Waals surface area (Å²) in [5.41, 5.74) is 1.71. The number of carbonyl (C=O) groups is 1. The van der Waals surface area contributed by atoms with E-state index in [0.29, 0.717) is 6.01 Å². The van der Waals surface area contributed by atoms with Gasteiger partial charge in [-0.2, -0.15) is 4.98 Å². The van der Waals surface area contributed by atoms with Crippen molar-refractivity contribution in [1.82, 2.24) is 14.8 Å². The Bertz CT molecular complexity index is 626. The first kappa shape index (κ1) is 14.7. The van der Waals surface area contributed by atoms with Gasteiger partial charge in [0.25, 0.3) is 6.01 Å². The first-order valence-corrected chi connectivity index (χ1v) is 7.61. The molecular formula is C16H22N4O2. The van der Waals surface area contributed by atoms with E-state index in [1.54, 1.807) is 19.0 Å². The zero-order chi connectivity index (χ0) is 15.7. The van der Waals surface area contributed by atoms with Gasteiger partial charge < -0.3 is 19.1 Å². The van der Waals surface area contributed by atoms with Crippen molar-refractivity contribution in [3.8, 4) is 0 Å². The van der Waals surface area contributed by atoms with Gasteiger partial charge >= 0.3 is 6.03 Å². The Labute approximate surface area is 130 Å². The fourth-order valence-electron chi connectivity index (χ4n) is 2.91. The van der Waals surface area contributed by atoms with Gasteiger partial charge in [0.15, 0.2) is 5.58 Å². The monoisotopic (exact) mass is 302 g/mol. The third-order valence-electron chi connectivity index (χ3n) is 4.25. The summed E-state index contributed by atoms with van der Waals surface area (Å²) in [4.78, 5) is 22.2. The second-order valence-corrected chi connectivity index (χ2v) is 5.97. The number of oxazole rings is 1. The predicted octanol–water partition coefficient (Wildman–Crippen LogP) is 2.41. The van der Waals surface area contributed by atoms with Crippen LogP contribution in [0.25, 0.3) is 11.1 Å². The van der Waals surface area contributed by atoms with Crippen LogP contribution in [0.3, 0.4) is 0 Å². The lowest BCUT2D eigenvalue weighted by molar-refractivity contribution is 0.154. The fourth-order valence-corrected chi connectivity index (χ4v) is 2.91. The summed E-state index contributed by atoms with van der Waals surface area (Å²) in [6, 6.07) is 8.81. The lowest BCUT2D eigenvalue weighted by Gasteiger charge is -2.37. The molecule has 0 saturated carbocycles. The number of hydrogen-bond acceptors (Lipinski definition) is 4. The van der Waals surface area contributed by atoms with E-state index in [2.05, 4.69) is 9.88 Å². The number of amides is 2. The third kappa shape index (κ3) is 2.73. The van der Waals surface area contributed by atoms with Gasteiger partial charge in [-0.1, -0.05) is 12.1 Å². The molecule has 0 spiro atoms. The molecule has 6 heteroatoms. The van der Waals surface area contributed by atoms with Gasteiger partial charge in [0.2, 0.25) is 0 Å². The van der Waals surface area contributed by atoms with Crippen molar-refractivity contribution in [2.75, 3.05) is 39.1 Å². The van der Waals surface area contributed by atoms with Crippen LogP contribution in [0.15, 0.2) is 28.7 Å². The predicted molar refractivity (Wildman–Crippen MR) is 86.1 cm³/mol. The van der Waals surface area contributed by atoms with Crippen molar-refractivity contribution < 1.29 is 9.21 Å². The van der Waals surface area contributed by atoms with Gasteiger partial charge in [0.1, 0.15) is 5.52 Å². The van der Waals surface area contributed by atoms with Crippen LogP contribution in [-0.4, -0.2) is 61.1 Å². The van der Waals surface area contributed by atoms with Crippen LogP contribution in [0.4, 0.5) is 10.8 Å². The average molecular weight is 302 g/mol. The van der Waals surface area contributed by atoms with E-state index in [4.69, 9.17) is 4.42 Å². The van der Waals surface area contributed by atoms with Crippen LogP contribution < -0.4 is 4.90 Å². The van der Waals surface area contributed by atoms with E-state index in [1.165, 1.54) is 0 Å². The molecule has 2 heterocycles. The molecule has 0 atom stereocenters.